The van der Waals surface area contributed by atoms with Crippen LogP contribution in [0.5, 0.6) is 5.75 Å². The number of nitro benzene ring substituents is 1. The molecule has 6 heteroatoms. The van der Waals surface area contributed by atoms with Crippen LogP contribution in [0.2, 0.25) is 0 Å². The minimum Gasteiger partial charge on any atom is -0.484 e. The zero-order valence-electron chi connectivity index (χ0n) is 11.9. The summed E-state index contributed by atoms with van der Waals surface area (Å²) < 4.78 is 5.38. The van der Waals surface area contributed by atoms with Gasteiger partial charge in [-0.05, 0) is 31.9 Å². The highest BCUT2D eigenvalue weighted by Crippen LogP contribution is 2.29. The fraction of sp³-hybridized carbons (Fsp3) is 0.500. The Labute approximate surface area is 117 Å². The van der Waals surface area contributed by atoms with Gasteiger partial charge in [-0.1, -0.05) is 13.8 Å². The van der Waals surface area contributed by atoms with Crippen LogP contribution < -0.4 is 4.74 Å². The van der Waals surface area contributed by atoms with Crippen molar-refractivity contribution in [3.8, 4) is 5.75 Å². The van der Waals surface area contributed by atoms with Gasteiger partial charge in [-0.25, -0.2) is 0 Å². The number of carbonyl (C=O) groups is 1. The van der Waals surface area contributed by atoms with Gasteiger partial charge in [0.1, 0.15) is 6.61 Å². The molecule has 0 aromatic heterocycles. The predicted molar refractivity (Wildman–Crippen MR) is 74.1 cm³/mol. The molecule has 0 aliphatic heterocycles. The first kappa shape index (κ1) is 16.1. The lowest BCUT2D eigenvalue weighted by atomic mass is 9.99. The number of Topliss-reactive ketones (excluding diaryl/α,β-unsaturated/α-hetero) is 1. The van der Waals surface area contributed by atoms with E-state index in [1.165, 1.54) is 25.1 Å². The minimum atomic E-state index is -1.01. The van der Waals surface area contributed by atoms with Gasteiger partial charge in [-0.15, -0.1) is 0 Å². The molecule has 0 saturated carbocycles. The molecule has 1 aromatic carbocycles. The summed E-state index contributed by atoms with van der Waals surface area (Å²) in [6, 6.07) is 4.05. The maximum absolute atomic E-state index is 11.2. The fourth-order valence-electron chi connectivity index (χ4n) is 1.67. The van der Waals surface area contributed by atoms with Gasteiger partial charge >= 0.3 is 5.69 Å². The molecule has 110 valence electrons. The third-order valence-electron chi connectivity index (χ3n) is 3.37. The van der Waals surface area contributed by atoms with Crippen molar-refractivity contribution in [2.45, 2.75) is 39.2 Å². The molecule has 0 unspecified atom stereocenters. The molecule has 0 atom stereocenters. The number of nitro groups is 1. The average molecular weight is 281 g/mol. The van der Waals surface area contributed by atoms with Crippen LogP contribution in [-0.2, 0) is 0 Å². The van der Waals surface area contributed by atoms with Crippen molar-refractivity contribution in [3.63, 3.8) is 0 Å². The topological polar surface area (TPSA) is 89.7 Å². The Morgan fingerprint density at radius 3 is 2.45 bits per heavy atom. The van der Waals surface area contributed by atoms with Gasteiger partial charge in [-0.2, -0.15) is 0 Å². The van der Waals surface area contributed by atoms with Gasteiger partial charge in [0.2, 0.25) is 0 Å². The standard InChI is InChI=1S/C14H19NO5/c1-4-14(17,5-2)9-20-13-7-6-11(10(3)16)8-12(13)15(18)19/h6-8,17H,4-5,9H2,1-3H3. The van der Waals surface area contributed by atoms with Crippen molar-refractivity contribution in [2.75, 3.05) is 6.61 Å². The van der Waals surface area contributed by atoms with Crippen LogP contribution in [-0.4, -0.2) is 28.0 Å². The molecule has 0 amide bonds. The Bertz CT molecular complexity index is 508. The van der Waals surface area contributed by atoms with Crippen LogP contribution in [0.25, 0.3) is 0 Å². The lowest BCUT2D eigenvalue weighted by Crippen LogP contribution is -2.34. The van der Waals surface area contributed by atoms with E-state index in [0.717, 1.165) is 0 Å². The number of hydrogen-bond donors (Lipinski definition) is 1. The van der Waals surface area contributed by atoms with E-state index in [1.54, 1.807) is 0 Å². The van der Waals surface area contributed by atoms with Crippen LogP contribution in [0.4, 0.5) is 5.69 Å². The molecular formula is C14H19NO5. The molecule has 1 N–H and O–H groups in total. The summed E-state index contributed by atoms with van der Waals surface area (Å²) in [6.07, 6.45) is 0.978. The van der Waals surface area contributed by atoms with E-state index in [1.807, 2.05) is 13.8 Å². The molecule has 20 heavy (non-hydrogen) atoms. The average Bonchev–Trinajstić information content (AvgIpc) is 2.44. The monoisotopic (exact) mass is 281 g/mol. The molecule has 0 radical (unpaired) electrons. The largest absolute Gasteiger partial charge is 0.484 e. The van der Waals surface area contributed by atoms with Crippen molar-refractivity contribution in [1.82, 2.24) is 0 Å². The molecule has 0 aliphatic carbocycles. The van der Waals surface area contributed by atoms with E-state index in [-0.39, 0.29) is 29.4 Å². The third-order valence-corrected chi connectivity index (χ3v) is 3.37. The first-order valence-corrected chi connectivity index (χ1v) is 6.47. The fourth-order valence-corrected chi connectivity index (χ4v) is 1.67. The number of aliphatic hydroxyl groups is 1. The van der Waals surface area contributed by atoms with Crippen molar-refractivity contribution < 1.29 is 19.6 Å². The maximum atomic E-state index is 11.2. The van der Waals surface area contributed by atoms with E-state index in [0.29, 0.717) is 12.8 Å². The van der Waals surface area contributed by atoms with Gasteiger partial charge in [0.25, 0.3) is 0 Å². The zero-order valence-corrected chi connectivity index (χ0v) is 11.9. The van der Waals surface area contributed by atoms with Gasteiger partial charge in [0, 0.05) is 11.6 Å². The van der Waals surface area contributed by atoms with Crippen molar-refractivity contribution in [1.29, 1.82) is 0 Å². The quantitative estimate of drug-likeness (QED) is 0.471. The van der Waals surface area contributed by atoms with E-state index < -0.39 is 10.5 Å². The van der Waals surface area contributed by atoms with Gasteiger partial charge in [-0.3, -0.25) is 14.9 Å². The Kier molecular flexibility index (Phi) is 5.21. The van der Waals surface area contributed by atoms with Crippen LogP contribution in [0, 0.1) is 10.1 Å². The number of ether oxygens (including phenoxy) is 1. The Morgan fingerprint density at radius 1 is 1.40 bits per heavy atom. The summed E-state index contributed by atoms with van der Waals surface area (Å²) in [5.41, 5.74) is -1.02. The highest BCUT2D eigenvalue weighted by Gasteiger charge is 2.25. The molecular weight excluding hydrogens is 262 g/mol. The number of rotatable bonds is 7. The van der Waals surface area contributed by atoms with E-state index in [2.05, 4.69) is 0 Å². The summed E-state index contributed by atoms with van der Waals surface area (Å²) >= 11 is 0. The van der Waals surface area contributed by atoms with Crippen molar-refractivity contribution in [3.05, 3.63) is 33.9 Å². The highest BCUT2D eigenvalue weighted by atomic mass is 16.6. The van der Waals surface area contributed by atoms with Gasteiger partial charge < -0.3 is 9.84 Å². The summed E-state index contributed by atoms with van der Waals surface area (Å²) in [5.74, 6) is -0.196. The predicted octanol–water partition coefficient (Wildman–Crippen LogP) is 2.73. The summed E-state index contributed by atoms with van der Waals surface area (Å²) in [5, 5.41) is 21.1. The lowest BCUT2D eigenvalue weighted by molar-refractivity contribution is -0.386. The van der Waals surface area contributed by atoms with Crippen LogP contribution in [0.3, 0.4) is 0 Å². The van der Waals surface area contributed by atoms with E-state index in [4.69, 9.17) is 4.74 Å². The number of nitrogens with zero attached hydrogens (tertiary/aromatic N) is 1. The van der Waals surface area contributed by atoms with Gasteiger partial charge in [0.15, 0.2) is 11.5 Å². The lowest BCUT2D eigenvalue weighted by Gasteiger charge is -2.24. The second kappa shape index (κ2) is 6.47. The van der Waals surface area contributed by atoms with Crippen molar-refractivity contribution >= 4 is 11.5 Å². The van der Waals surface area contributed by atoms with E-state index >= 15 is 0 Å². The molecule has 0 fully saturated rings. The molecule has 1 aromatic rings. The Balaban J connectivity index is 3.01. The SMILES string of the molecule is CCC(O)(CC)COc1ccc(C(C)=O)cc1[N+](=O)[O-]. The molecule has 0 spiro atoms. The molecule has 1 rings (SSSR count). The first-order chi connectivity index (χ1) is 9.33. The van der Waals surface area contributed by atoms with Crippen LogP contribution >= 0.6 is 0 Å². The minimum absolute atomic E-state index is 0.0275. The molecule has 0 aliphatic rings. The zero-order chi connectivity index (χ0) is 15.3. The number of carbonyl (C=O) groups excluding carboxylic acids is 1. The summed E-state index contributed by atoms with van der Waals surface area (Å²) in [6.45, 7) is 4.95. The van der Waals surface area contributed by atoms with Crippen LogP contribution in [0.1, 0.15) is 44.0 Å². The summed E-state index contributed by atoms with van der Waals surface area (Å²) in [7, 11) is 0. The second-order valence-corrected chi connectivity index (χ2v) is 4.72. The molecule has 0 heterocycles. The highest BCUT2D eigenvalue weighted by molar-refractivity contribution is 5.95. The normalized spacial score (nSPS) is 11.2. The Morgan fingerprint density at radius 2 is 2.00 bits per heavy atom. The third kappa shape index (κ3) is 3.77. The van der Waals surface area contributed by atoms with Gasteiger partial charge in [0.05, 0.1) is 10.5 Å². The molecule has 6 nitrogen and oxygen atoms in total. The number of hydrogen-bond acceptors (Lipinski definition) is 5. The van der Waals surface area contributed by atoms with Crippen LogP contribution in [0.15, 0.2) is 18.2 Å². The van der Waals surface area contributed by atoms with Crippen molar-refractivity contribution in [2.24, 2.45) is 0 Å². The molecule has 0 saturated heterocycles. The number of ketones is 1. The maximum Gasteiger partial charge on any atom is 0.311 e. The Hall–Kier alpha value is -1.95. The van der Waals surface area contributed by atoms with E-state index in [9.17, 15) is 20.0 Å². The number of benzene rings is 1. The smallest absolute Gasteiger partial charge is 0.311 e. The molecule has 0 bridgehead atoms. The first-order valence-electron chi connectivity index (χ1n) is 6.47. The summed E-state index contributed by atoms with van der Waals surface area (Å²) in [4.78, 5) is 21.7. The second-order valence-electron chi connectivity index (χ2n) is 4.72.